The van der Waals surface area contributed by atoms with Crippen LogP contribution in [0.4, 0.5) is 14.9 Å². The Morgan fingerprint density at radius 2 is 2.12 bits per heavy atom. The second-order valence-corrected chi connectivity index (χ2v) is 6.09. The maximum Gasteiger partial charge on any atom is 0.321 e. The molecule has 2 amide bonds. The van der Waals surface area contributed by atoms with Crippen LogP contribution in [0.2, 0.25) is 5.02 Å². The molecule has 1 aliphatic heterocycles. The third kappa shape index (κ3) is 3.03. The van der Waals surface area contributed by atoms with Crippen LogP contribution in [0.5, 0.6) is 0 Å². The number of aromatic nitrogens is 1. The molecule has 0 saturated carbocycles. The number of hydrogen-bond donors (Lipinski definition) is 1. The van der Waals surface area contributed by atoms with E-state index in [0.29, 0.717) is 18.7 Å². The summed E-state index contributed by atoms with van der Waals surface area (Å²) in [5.41, 5.74) is -0.180. The molecule has 122 valence electrons. The van der Waals surface area contributed by atoms with Gasteiger partial charge in [-0.1, -0.05) is 17.7 Å². The quantitative estimate of drug-likeness (QED) is 0.905. The zero-order valence-electron chi connectivity index (χ0n) is 12.7. The van der Waals surface area contributed by atoms with Gasteiger partial charge in [0.1, 0.15) is 11.2 Å². The lowest BCUT2D eigenvalue weighted by atomic mass is 9.81. The molecule has 1 aliphatic rings. The van der Waals surface area contributed by atoms with E-state index in [1.165, 1.54) is 17.0 Å². The summed E-state index contributed by atoms with van der Waals surface area (Å²) in [6.07, 6.45) is 3.51. The monoisotopic (exact) mass is 344 g/mol. The SMILES string of the molecule is N#CC1(c2ccc(Cl)cc2F)CCN(C(=O)Nc2ccncc2)C1. The average molecular weight is 345 g/mol. The van der Waals surface area contributed by atoms with Crippen LogP contribution in [0.1, 0.15) is 12.0 Å². The first-order chi connectivity index (χ1) is 11.5. The van der Waals surface area contributed by atoms with Gasteiger partial charge < -0.3 is 10.2 Å². The molecule has 1 aromatic heterocycles. The summed E-state index contributed by atoms with van der Waals surface area (Å²) in [6, 6.07) is 9.47. The number of halogens is 2. The highest BCUT2D eigenvalue weighted by atomic mass is 35.5. The predicted molar refractivity (Wildman–Crippen MR) is 88.1 cm³/mol. The summed E-state index contributed by atoms with van der Waals surface area (Å²) >= 11 is 5.78. The van der Waals surface area contributed by atoms with Gasteiger partial charge in [-0.3, -0.25) is 4.98 Å². The van der Waals surface area contributed by atoms with Gasteiger partial charge in [0.15, 0.2) is 0 Å². The maximum atomic E-state index is 14.2. The van der Waals surface area contributed by atoms with Crippen molar-refractivity contribution in [3.63, 3.8) is 0 Å². The van der Waals surface area contributed by atoms with Crippen molar-refractivity contribution < 1.29 is 9.18 Å². The average Bonchev–Trinajstić information content (AvgIpc) is 3.01. The first-order valence-corrected chi connectivity index (χ1v) is 7.75. The van der Waals surface area contributed by atoms with Crippen LogP contribution in [0.15, 0.2) is 42.7 Å². The van der Waals surface area contributed by atoms with E-state index < -0.39 is 11.2 Å². The van der Waals surface area contributed by atoms with Gasteiger partial charge >= 0.3 is 6.03 Å². The van der Waals surface area contributed by atoms with Gasteiger partial charge in [0, 0.05) is 41.8 Å². The summed E-state index contributed by atoms with van der Waals surface area (Å²) in [6.45, 7) is 0.492. The van der Waals surface area contributed by atoms with E-state index in [1.54, 1.807) is 30.6 Å². The number of benzene rings is 1. The van der Waals surface area contributed by atoms with Crippen molar-refractivity contribution in [1.82, 2.24) is 9.88 Å². The number of rotatable bonds is 2. The fourth-order valence-electron chi connectivity index (χ4n) is 2.87. The minimum Gasteiger partial charge on any atom is -0.323 e. The Balaban J connectivity index is 1.79. The van der Waals surface area contributed by atoms with Gasteiger partial charge in [0.25, 0.3) is 0 Å². The van der Waals surface area contributed by atoms with Gasteiger partial charge in [0.2, 0.25) is 0 Å². The minimum absolute atomic E-state index is 0.124. The lowest BCUT2D eigenvalue weighted by molar-refractivity contribution is 0.221. The Bertz CT molecular complexity index is 808. The predicted octanol–water partition coefficient (Wildman–Crippen LogP) is 3.57. The van der Waals surface area contributed by atoms with E-state index >= 15 is 0 Å². The topological polar surface area (TPSA) is 69.0 Å². The number of likely N-dealkylation sites (tertiary alicyclic amines) is 1. The lowest BCUT2D eigenvalue weighted by Gasteiger charge is -2.23. The van der Waals surface area contributed by atoms with Gasteiger partial charge in [-0.2, -0.15) is 5.26 Å². The Hall–Kier alpha value is -2.65. The van der Waals surface area contributed by atoms with Crippen molar-refractivity contribution >= 4 is 23.3 Å². The molecule has 5 nitrogen and oxygen atoms in total. The third-order valence-electron chi connectivity index (χ3n) is 4.15. The highest BCUT2D eigenvalue weighted by molar-refractivity contribution is 6.30. The van der Waals surface area contributed by atoms with E-state index in [1.807, 2.05) is 0 Å². The highest BCUT2D eigenvalue weighted by Crippen LogP contribution is 2.36. The molecule has 0 bridgehead atoms. The van der Waals surface area contributed by atoms with Crippen molar-refractivity contribution in [3.8, 4) is 6.07 Å². The number of hydrogen-bond acceptors (Lipinski definition) is 3. The number of urea groups is 1. The number of amides is 2. The summed E-state index contributed by atoms with van der Waals surface area (Å²) in [5, 5.41) is 12.7. The molecular weight excluding hydrogens is 331 g/mol. The van der Waals surface area contributed by atoms with Crippen LogP contribution in [0.25, 0.3) is 0 Å². The zero-order valence-corrected chi connectivity index (χ0v) is 13.4. The second kappa shape index (κ2) is 6.46. The van der Waals surface area contributed by atoms with E-state index in [0.717, 1.165) is 0 Å². The molecule has 0 aliphatic carbocycles. The van der Waals surface area contributed by atoms with Crippen LogP contribution in [0, 0.1) is 17.1 Å². The fraction of sp³-hybridized carbons (Fsp3) is 0.235. The Kier molecular flexibility index (Phi) is 4.36. The van der Waals surface area contributed by atoms with E-state index in [-0.39, 0.29) is 23.2 Å². The number of pyridine rings is 1. The summed E-state index contributed by atoms with van der Waals surface area (Å²) in [5.74, 6) is -0.527. The van der Waals surface area contributed by atoms with E-state index in [9.17, 15) is 14.4 Å². The third-order valence-corrected chi connectivity index (χ3v) is 4.38. The molecule has 24 heavy (non-hydrogen) atoms. The highest BCUT2D eigenvalue weighted by Gasteiger charge is 2.43. The standard InChI is InChI=1S/C17H14ClFN4O/c18-12-1-2-14(15(19)9-12)17(10-20)5-8-23(11-17)16(24)22-13-3-6-21-7-4-13/h1-4,6-7,9H,5,8,11H2,(H,21,22,24). The maximum absolute atomic E-state index is 14.2. The van der Waals surface area contributed by atoms with Crippen LogP contribution in [0.3, 0.4) is 0 Å². The summed E-state index contributed by atoms with van der Waals surface area (Å²) < 4.78 is 14.2. The van der Waals surface area contributed by atoms with Crippen LogP contribution < -0.4 is 5.32 Å². The van der Waals surface area contributed by atoms with Crippen molar-refractivity contribution in [3.05, 3.63) is 59.1 Å². The normalized spacial score (nSPS) is 19.8. The zero-order chi connectivity index (χ0) is 17.2. The number of nitriles is 1. The lowest BCUT2D eigenvalue weighted by Crippen LogP contribution is -2.36. The molecule has 3 rings (SSSR count). The smallest absolute Gasteiger partial charge is 0.321 e. The number of nitrogens with one attached hydrogen (secondary N) is 1. The molecule has 1 aromatic carbocycles. The van der Waals surface area contributed by atoms with Gasteiger partial charge in [-0.15, -0.1) is 0 Å². The first kappa shape index (κ1) is 16.2. The van der Waals surface area contributed by atoms with Crippen molar-refractivity contribution in [2.45, 2.75) is 11.8 Å². The fourth-order valence-corrected chi connectivity index (χ4v) is 3.03. The largest absolute Gasteiger partial charge is 0.323 e. The number of anilines is 1. The Labute approximate surface area is 143 Å². The van der Waals surface area contributed by atoms with Crippen LogP contribution >= 0.6 is 11.6 Å². The number of carbonyl (C=O) groups is 1. The van der Waals surface area contributed by atoms with Crippen LogP contribution in [-0.4, -0.2) is 29.0 Å². The van der Waals surface area contributed by atoms with Gasteiger partial charge in [0.05, 0.1) is 6.07 Å². The van der Waals surface area contributed by atoms with Crippen molar-refractivity contribution in [1.29, 1.82) is 5.26 Å². The molecule has 2 heterocycles. The van der Waals surface area contributed by atoms with Gasteiger partial charge in [-0.25, -0.2) is 9.18 Å². The number of carbonyl (C=O) groups excluding carboxylic acids is 1. The second-order valence-electron chi connectivity index (χ2n) is 5.66. The molecular formula is C17H14ClFN4O. The summed E-state index contributed by atoms with van der Waals surface area (Å²) in [7, 11) is 0. The van der Waals surface area contributed by atoms with Crippen molar-refractivity contribution in [2.24, 2.45) is 0 Å². The first-order valence-electron chi connectivity index (χ1n) is 7.37. The molecule has 2 aromatic rings. The van der Waals surface area contributed by atoms with Crippen molar-refractivity contribution in [2.75, 3.05) is 18.4 Å². The van der Waals surface area contributed by atoms with Crippen LogP contribution in [-0.2, 0) is 5.41 Å². The van der Waals surface area contributed by atoms with E-state index in [2.05, 4.69) is 16.4 Å². The molecule has 0 spiro atoms. The molecule has 0 radical (unpaired) electrons. The Morgan fingerprint density at radius 3 is 2.79 bits per heavy atom. The summed E-state index contributed by atoms with van der Waals surface area (Å²) in [4.78, 5) is 17.8. The minimum atomic E-state index is -1.07. The molecule has 1 saturated heterocycles. The van der Waals surface area contributed by atoms with Gasteiger partial charge in [-0.05, 0) is 30.7 Å². The molecule has 7 heteroatoms. The molecule has 1 atom stereocenters. The van der Waals surface area contributed by atoms with E-state index in [4.69, 9.17) is 11.6 Å². The Morgan fingerprint density at radius 1 is 1.38 bits per heavy atom. The molecule has 1 fully saturated rings. The molecule has 1 unspecified atom stereocenters. The molecule has 1 N–H and O–H groups in total. The number of nitrogens with zero attached hydrogens (tertiary/aromatic N) is 3.